The molecule has 0 saturated carbocycles. The molecular weight excluding hydrogens is 266 g/mol. The number of rotatable bonds is 3. The van der Waals surface area contributed by atoms with E-state index in [9.17, 15) is 17.2 Å². The lowest BCUT2D eigenvalue weighted by Gasteiger charge is -2.10. The Morgan fingerprint density at radius 2 is 2.06 bits per heavy atom. The van der Waals surface area contributed by atoms with Crippen molar-refractivity contribution in [2.24, 2.45) is 0 Å². The minimum absolute atomic E-state index is 0.189. The molecule has 96 valence electrons. The minimum Gasteiger partial charge on any atom is -0.397 e. The van der Waals surface area contributed by atoms with Crippen molar-refractivity contribution >= 4 is 21.4 Å². The van der Waals surface area contributed by atoms with E-state index in [1.165, 1.54) is 0 Å². The fourth-order valence-corrected chi connectivity index (χ4v) is 2.28. The van der Waals surface area contributed by atoms with Gasteiger partial charge in [0.05, 0.1) is 11.9 Å². The average Bonchev–Trinajstić information content (AvgIpc) is 2.77. The molecule has 1 aromatic heterocycles. The molecule has 0 unspecified atom stereocenters. The number of H-pyrrole nitrogens is 1. The van der Waals surface area contributed by atoms with Gasteiger partial charge in [-0.1, -0.05) is 0 Å². The van der Waals surface area contributed by atoms with E-state index in [-0.39, 0.29) is 10.6 Å². The molecule has 0 atom stereocenters. The van der Waals surface area contributed by atoms with Crippen LogP contribution in [-0.4, -0.2) is 18.6 Å². The lowest BCUT2D eigenvalue weighted by molar-refractivity contribution is 0.583. The number of nitrogen functional groups attached to an aromatic ring is 1. The van der Waals surface area contributed by atoms with E-state index < -0.39 is 27.3 Å². The molecule has 4 N–H and O–H groups in total. The van der Waals surface area contributed by atoms with Gasteiger partial charge >= 0.3 is 0 Å². The molecule has 2 rings (SSSR count). The lowest BCUT2D eigenvalue weighted by Crippen LogP contribution is -2.15. The van der Waals surface area contributed by atoms with Crippen molar-refractivity contribution in [1.29, 1.82) is 0 Å². The highest BCUT2D eigenvalue weighted by atomic mass is 32.2. The SMILES string of the molecule is Nc1cc(F)cc(F)c1NS(=O)(=O)c1cn[nH]c1. The van der Waals surface area contributed by atoms with Crippen molar-refractivity contribution in [3.8, 4) is 0 Å². The van der Waals surface area contributed by atoms with Crippen molar-refractivity contribution in [2.45, 2.75) is 4.90 Å². The highest BCUT2D eigenvalue weighted by Crippen LogP contribution is 2.26. The Morgan fingerprint density at radius 3 is 2.61 bits per heavy atom. The zero-order chi connectivity index (χ0) is 13.3. The Labute approximate surface area is 101 Å². The first-order chi connectivity index (χ1) is 8.40. The van der Waals surface area contributed by atoms with E-state index in [0.29, 0.717) is 6.07 Å². The van der Waals surface area contributed by atoms with Crippen molar-refractivity contribution in [2.75, 3.05) is 10.5 Å². The molecule has 0 aliphatic heterocycles. The standard InChI is InChI=1S/C9H8F2N4O2S/c10-5-1-7(11)9(8(12)2-5)15-18(16,17)6-3-13-14-4-6/h1-4,15H,12H2,(H,13,14). The maximum absolute atomic E-state index is 13.4. The van der Waals surface area contributed by atoms with E-state index in [0.717, 1.165) is 18.5 Å². The molecule has 0 bridgehead atoms. The van der Waals surface area contributed by atoms with Gasteiger partial charge in [0.25, 0.3) is 10.0 Å². The number of nitrogens with one attached hydrogen (secondary N) is 2. The van der Waals surface area contributed by atoms with E-state index in [1.807, 2.05) is 4.72 Å². The number of anilines is 2. The molecule has 6 nitrogen and oxygen atoms in total. The van der Waals surface area contributed by atoms with Crippen molar-refractivity contribution in [3.05, 3.63) is 36.2 Å². The normalized spacial score (nSPS) is 11.4. The number of nitrogens with two attached hydrogens (primary N) is 1. The van der Waals surface area contributed by atoms with E-state index in [1.54, 1.807) is 0 Å². The number of aromatic amines is 1. The average molecular weight is 274 g/mol. The maximum atomic E-state index is 13.4. The van der Waals surface area contributed by atoms with Crippen LogP contribution in [-0.2, 0) is 10.0 Å². The Bertz CT molecular complexity index is 647. The van der Waals surface area contributed by atoms with Gasteiger partial charge in [-0.25, -0.2) is 17.2 Å². The third-order valence-corrected chi connectivity index (χ3v) is 3.42. The van der Waals surface area contributed by atoms with Gasteiger partial charge in [0, 0.05) is 12.3 Å². The van der Waals surface area contributed by atoms with Gasteiger partial charge in [-0.2, -0.15) is 5.10 Å². The van der Waals surface area contributed by atoms with Crippen LogP contribution in [0.5, 0.6) is 0 Å². The summed E-state index contributed by atoms with van der Waals surface area (Å²) in [6, 6.07) is 1.35. The van der Waals surface area contributed by atoms with Crippen LogP contribution in [0, 0.1) is 11.6 Å². The molecule has 0 saturated heterocycles. The van der Waals surface area contributed by atoms with Gasteiger partial charge in [0.2, 0.25) is 0 Å². The summed E-state index contributed by atoms with van der Waals surface area (Å²) in [7, 11) is -4.01. The summed E-state index contributed by atoms with van der Waals surface area (Å²) in [5, 5.41) is 5.77. The molecule has 2 aromatic rings. The first-order valence-corrected chi connectivity index (χ1v) is 6.14. The van der Waals surface area contributed by atoms with Gasteiger partial charge in [-0.05, 0) is 6.07 Å². The van der Waals surface area contributed by atoms with Gasteiger partial charge in [0.1, 0.15) is 16.4 Å². The number of hydrogen-bond donors (Lipinski definition) is 3. The second kappa shape index (κ2) is 4.26. The maximum Gasteiger partial charge on any atom is 0.265 e. The van der Waals surface area contributed by atoms with E-state index >= 15 is 0 Å². The van der Waals surface area contributed by atoms with Gasteiger partial charge in [-0.3, -0.25) is 9.82 Å². The van der Waals surface area contributed by atoms with Crippen LogP contribution in [0.15, 0.2) is 29.4 Å². The molecule has 0 aliphatic carbocycles. The van der Waals surface area contributed by atoms with Crippen LogP contribution in [0.2, 0.25) is 0 Å². The number of aromatic nitrogens is 2. The molecule has 1 aromatic carbocycles. The summed E-state index contributed by atoms with van der Waals surface area (Å²) < 4.78 is 51.7. The summed E-state index contributed by atoms with van der Waals surface area (Å²) in [6.45, 7) is 0. The summed E-state index contributed by atoms with van der Waals surface area (Å²) in [4.78, 5) is -0.189. The van der Waals surface area contributed by atoms with Crippen LogP contribution in [0.25, 0.3) is 0 Å². The van der Waals surface area contributed by atoms with E-state index in [4.69, 9.17) is 5.73 Å². The highest BCUT2D eigenvalue weighted by molar-refractivity contribution is 7.92. The van der Waals surface area contributed by atoms with Crippen molar-refractivity contribution in [3.63, 3.8) is 0 Å². The number of hydrogen-bond acceptors (Lipinski definition) is 4. The number of halogens is 2. The quantitative estimate of drug-likeness (QED) is 0.729. The molecule has 0 radical (unpaired) electrons. The predicted octanol–water partition coefficient (Wildman–Crippen LogP) is 1.07. The number of nitrogens with zero attached hydrogens (tertiary/aromatic N) is 1. The smallest absolute Gasteiger partial charge is 0.265 e. The molecular formula is C9H8F2N4O2S. The summed E-state index contributed by atoms with van der Waals surface area (Å²) in [6.07, 6.45) is 2.15. The Hall–Kier alpha value is -2.16. The second-order valence-electron chi connectivity index (χ2n) is 3.39. The highest BCUT2D eigenvalue weighted by Gasteiger charge is 2.19. The Morgan fingerprint density at radius 1 is 1.33 bits per heavy atom. The minimum atomic E-state index is -4.01. The summed E-state index contributed by atoms with van der Waals surface area (Å²) >= 11 is 0. The van der Waals surface area contributed by atoms with Gasteiger partial charge in [0.15, 0.2) is 5.82 Å². The predicted molar refractivity (Wildman–Crippen MR) is 60.2 cm³/mol. The first-order valence-electron chi connectivity index (χ1n) is 4.66. The van der Waals surface area contributed by atoms with Crippen LogP contribution >= 0.6 is 0 Å². The lowest BCUT2D eigenvalue weighted by atomic mass is 10.2. The molecule has 9 heteroatoms. The largest absolute Gasteiger partial charge is 0.397 e. The second-order valence-corrected chi connectivity index (χ2v) is 5.07. The van der Waals surface area contributed by atoms with Crippen LogP contribution in [0.3, 0.4) is 0 Å². The zero-order valence-electron chi connectivity index (χ0n) is 8.81. The van der Waals surface area contributed by atoms with E-state index in [2.05, 4.69) is 10.2 Å². The Kier molecular flexibility index (Phi) is 2.91. The molecule has 0 amide bonds. The van der Waals surface area contributed by atoms with Crippen molar-refractivity contribution < 1.29 is 17.2 Å². The topological polar surface area (TPSA) is 101 Å². The molecule has 1 heterocycles. The van der Waals surface area contributed by atoms with Gasteiger partial charge in [-0.15, -0.1) is 0 Å². The van der Waals surface area contributed by atoms with Crippen molar-refractivity contribution in [1.82, 2.24) is 10.2 Å². The molecule has 0 fully saturated rings. The van der Waals surface area contributed by atoms with Crippen LogP contribution in [0.4, 0.5) is 20.2 Å². The zero-order valence-corrected chi connectivity index (χ0v) is 9.63. The first kappa shape index (κ1) is 12.3. The fourth-order valence-electron chi connectivity index (χ4n) is 1.28. The monoisotopic (exact) mass is 274 g/mol. The molecule has 0 aliphatic rings. The fraction of sp³-hybridized carbons (Fsp3) is 0. The summed E-state index contributed by atoms with van der Waals surface area (Å²) in [5.41, 5.74) is 4.50. The number of sulfonamides is 1. The van der Waals surface area contributed by atoms with Gasteiger partial charge < -0.3 is 5.73 Å². The van der Waals surface area contributed by atoms with Crippen LogP contribution < -0.4 is 10.5 Å². The Balaban J connectivity index is 2.42. The number of benzene rings is 1. The third kappa shape index (κ3) is 2.25. The summed E-state index contributed by atoms with van der Waals surface area (Å²) in [5.74, 6) is -1.99. The molecule has 0 spiro atoms. The molecule has 18 heavy (non-hydrogen) atoms. The van der Waals surface area contributed by atoms with Crippen LogP contribution in [0.1, 0.15) is 0 Å². The third-order valence-electron chi connectivity index (χ3n) is 2.11.